The van der Waals surface area contributed by atoms with Gasteiger partial charge in [0.2, 0.25) is 5.89 Å². The highest BCUT2D eigenvalue weighted by Crippen LogP contribution is 2.21. The maximum Gasteiger partial charge on any atom is 0.248 e. The van der Waals surface area contributed by atoms with Gasteiger partial charge in [-0.25, -0.2) is 4.99 Å². The van der Waals surface area contributed by atoms with Gasteiger partial charge in [-0.2, -0.15) is 4.98 Å². The molecule has 158 valence electrons. The van der Waals surface area contributed by atoms with Gasteiger partial charge in [0.25, 0.3) is 0 Å². The zero-order valence-electron chi connectivity index (χ0n) is 17.3. The summed E-state index contributed by atoms with van der Waals surface area (Å²) in [7, 11) is 0. The first-order valence-corrected chi connectivity index (χ1v) is 10.5. The lowest BCUT2D eigenvalue weighted by atomic mass is 10.2. The van der Waals surface area contributed by atoms with Gasteiger partial charge in [0.1, 0.15) is 12.6 Å². The van der Waals surface area contributed by atoms with E-state index in [1.807, 2.05) is 32.0 Å². The molecular formula is C20H29ClN6O2. The molecule has 0 bridgehead atoms. The predicted octanol–water partition coefficient (Wildman–Crippen LogP) is 3.11. The molecule has 1 aliphatic heterocycles. The van der Waals surface area contributed by atoms with Gasteiger partial charge < -0.3 is 24.4 Å². The average Bonchev–Trinajstić information content (AvgIpc) is 3.21. The van der Waals surface area contributed by atoms with Crippen LogP contribution < -0.4 is 10.2 Å². The molecule has 1 atom stereocenters. The normalized spacial score (nSPS) is 16.2. The largest absolute Gasteiger partial charge is 0.371 e. The van der Waals surface area contributed by atoms with Crippen LogP contribution in [-0.2, 0) is 11.3 Å². The van der Waals surface area contributed by atoms with E-state index in [-0.39, 0.29) is 6.10 Å². The molecule has 1 fully saturated rings. The molecular weight excluding hydrogens is 392 g/mol. The summed E-state index contributed by atoms with van der Waals surface area (Å²) in [5, 5.41) is 8.11. The highest BCUT2D eigenvalue weighted by Gasteiger charge is 2.20. The lowest BCUT2D eigenvalue weighted by Gasteiger charge is -2.37. The highest BCUT2D eigenvalue weighted by molar-refractivity contribution is 6.30. The molecule has 0 saturated carbocycles. The van der Waals surface area contributed by atoms with Crippen LogP contribution in [0.15, 0.2) is 33.8 Å². The number of anilines is 1. The SMILES string of the molecule is CCNC(=NCc1nc(C(C)OCC)no1)N1CCN(c2cccc(Cl)c2)CC1. The maximum absolute atomic E-state index is 6.13. The summed E-state index contributed by atoms with van der Waals surface area (Å²) in [5.41, 5.74) is 1.15. The Balaban J connectivity index is 1.60. The Hall–Kier alpha value is -2.32. The van der Waals surface area contributed by atoms with Crippen LogP contribution in [0.4, 0.5) is 5.69 Å². The minimum atomic E-state index is -0.186. The first-order chi connectivity index (χ1) is 14.1. The van der Waals surface area contributed by atoms with E-state index in [9.17, 15) is 0 Å². The summed E-state index contributed by atoms with van der Waals surface area (Å²) in [6.45, 7) is 11.2. The molecule has 1 N–H and O–H groups in total. The first-order valence-electron chi connectivity index (χ1n) is 10.1. The third kappa shape index (κ3) is 5.83. The van der Waals surface area contributed by atoms with Crippen LogP contribution in [0.2, 0.25) is 5.02 Å². The number of hydrogen-bond acceptors (Lipinski definition) is 6. The van der Waals surface area contributed by atoms with Crippen LogP contribution in [0.3, 0.4) is 0 Å². The van der Waals surface area contributed by atoms with Crippen molar-refractivity contribution in [3.63, 3.8) is 0 Å². The lowest BCUT2D eigenvalue weighted by Crippen LogP contribution is -2.52. The quantitative estimate of drug-likeness (QED) is 0.544. The number of hydrogen-bond donors (Lipinski definition) is 1. The van der Waals surface area contributed by atoms with E-state index in [1.165, 1.54) is 0 Å². The summed E-state index contributed by atoms with van der Waals surface area (Å²) in [6, 6.07) is 7.99. The average molecular weight is 421 g/mol. The van der Waals surface area contributed by atoms with Crippen molar-refractivity contribution in [2.75, 3.05) is 44.2 Å². The zero-order valence-corrected chi connectivity index (χ0v) is 18.0. The van der Waals surface area contributed by atoms with E-state index in [4.69, 9.17) is 25.9 Å². The molecule has 3 rings (SSSR count). The van der Waals surface area contributed by atoms with Gasteiger partial charge in [0.05, 0.1) is 0 Å². The van der Waals surface area contributed by atoms with Crippen LogP contribution in [0, 0.1) is 0 Å². The number of piperazine rings is 1. The molecule has 29 heavy (non-hydrogen) atoms. The van der Waals surface area contributed by atoms with E-state index >= 15 is 0 Å². The van der Waals surface area contributed by atoms with Crippen molar-refractivity contribution in [2.45, 2.75) is 33.4 Å². The Morgan fingerprint density at radius 3 is 2.79 bits per heavy atom. The maximum atomic E-state index is 6.13. The summed E-state index contributed by atoms with van der Waals surface area (Å²) in [4.78, 5) is 13.7. The van der Waals surface area contributed by atoms with Crippen LogP contribution in [0.5, 0.6) is 0 Å². The second kappa shape index (κ2) is 10.5. The van der Waals surface area contributed by atoms with Gasteiger partial charge in [-0.3, -0.25) is 0 Å². The van der Waals surface area contributed by atoms with Crippen molar-refractivity contribution in [1.82, 2.24) is 20.4 Å². The number of rotatable bonds is 7. The van der Waals surface area contributed by atoms with Crippen molar-refractivity contribution < 1.29 is 9.26 Å². The van der Waals surface area contributed by atoms with E-state index in [0.29, 0.717) is 24.9 Å². The number of benzene rings is 1. The number of nitrogens with one attached hydrogen (secondary N) is 1. The standard InChI is InChI=1S/C20H29ClN6O2/c1-4-22-20(23-14-18-24-19(25-29-18)15(3)28-5-2)27-11-9-26(10-12-27)17-8-6-7-16(21)13-17/h6-8,13,15H,4-5,9-12,14H2,1-3H3,(H,22,23). The van der Waals surface area contributed by atoms with Crippen molar-refractivity contribution >= 4 is 23.2 Å². The molecule has 1 saturated heterocycles. The second-order valence-electron chi connectivity index (χ2n) is 6.77. The minimum Gasteiger partial charge on any atom is -0.371 e. The Bertz CT molecular complexity index is 804. The molecule has 1 unspecified atom stereocenters. The fourth-order valence-electron chi connectivity index (χ4n) is 3.24. The lowest BCUT2D eigenvalue weighted by molar-refractivity contribution is 0.0683. The Labute approximate surface area is 176 Å². The summed E-state index contributed by atoms with van der Waals surface area (Å²) >= 11 is 6.13. The topological polar surface area (TPSA) is 79.0 Å². The Morgan fingerprint density at radius 2 is 2.10 bits per heavy atom. The van der Waals surface area contributed by atoms with Gasteiger partial charge in [0, 0.05) is 50.0 Å². The number of guanidine groups is 1. The van der Waals surface area contributed by atoms with Gasteiger partial charge in [-0.05, 0) is 39.0 Å². The van der Waals surface area contributed by atoms with Crippen LogP contribution in [-0.4, -0.2) is 60.3 Å². The number of halogens is 1. The Morgan fingerprint density at radius 1 is 1.31 bits per heavy atom. The second-order valence-corrected chi connectivity index (χ2v) is 7.20. The van der Waals surface area contributed by atoms with Crippen LogP contribution in [0.25, 0.3) is 0 Å². The van der Waals surface area contributed by atoms with Gasteiger partial charge in [-0.15, -0.1) is 0 Å². The fraction of sp³-hybridized carbons (Fsp3) is 0.550. The number of aromatic nitrogens is 2. The fourth-order valence-corrected chi connectivity index (χ4v) is 3.42. The molecule has 2 aromatic rings. The van der Waals surface area contributed by atoms with Crippen molar-refractivity contribution in [3.05, 3.63) is 41.0 Å². The molecule has 1 aromatic carbocycles. The monoisotopic (exact) mass is 420 g/mol. The van der Waals surface area contributed by atoms with E-state index in [1.54, 1.807) is 0 Å². The van der Waals surface area contributed by atoms with Crippen LogP contribution >= 0.6 is 11.6 Å². The van der Waals surface area contributed by atoms with Gasteiger partial charge in [0.15, 0.2) is 11.8 Å². The zero-order chi connectivity index (χ0) is 20.6. The molecule has 9 heteroatoms. The molecule has 0 amide bonds. The van der Waals surface area contributed by atoms with Crippen molar-refractivity contribution in [2.24, 2.45) is 4.99 Å². The smallest absolute Gasteiger partial charge is 0.248 e. The van der Waals surface area contributed by atoms with Crippen LogP contribution in [0.1, 0.15) is 38.6 Å². The number of nitrogens with zero attached hydrogens (tertiary/aromatic N) is 5. The molecule has 0 aliphatic carbocycles. The van der Waals surface area contributed by atoms with Crippen molar-refractivity contribution in [3.8, 4) is 0 Å². The third-order valence-corrected chi connectivity index (χ3v) is 4.95. The van der Waals surface area contributed by atoms with Gasteiger partial charge in [-0.1, -0.05) is 22.8 Å². The molecule has 1 aromatic heterocycles. The first kappa shape index (κ1) is 21.4. The summed E-state index contributed by atoms with van der Waals surface area (Å²) < 4.78 is 10.8. The molecule has 1 aliphatic rings. The molecule has 0 spiro atoms. The van der Waals surface area contributed by atoms with Gasteiger partial charge >= 0.3 is 0 Å². The van der Waals surface area contributed by atoms with E-state index in [2.05, 4.69) is 38.2 Å². The van der Waals surface area contributed by atoms with Crippen molar-refractivity contribution in [1.29, 1.82) is 0 Å². The Kier molecular flexibility index (Phi) is 7.71. The third-order valence-electron chi connectivity index (χ3n) is 4.72. The highest BCUT2D eigenvalue weighted by atomic mass is 35.5. The minimum absolute atomic E-state index is 0.186. The number of ether oxygens (including phenoxy) is 1. The van der Waals surface area contributed by atoms with E-state index < -0.39 is 0 Å². The number of aliphatic imine (C=N–C) groups is 1. The molecule has 8 nitrogen and oxygen atoms in total. The molecule has 0 radical (unpaired) electrons. The molecule has 2 heterocycles. The predicted molar refractivity (Wildman–Crippen MR) is 114 cm³/mol. The summed E-state index contributed by atoms with van der Waals surface area (Å²) in [6.07, 6.45) is -0.186. The van der Waals surface area contributed by atoms with E-state index in [0.717, 1.165) is 49.4 Å². The summed E-state index contributed by atoms with van der Waals surface area (Å²) in [5.74, 6) is 1.90.